The molecule has 4 aliphatic rings. The standard InChI is InChI=1S/C85H136N10O22/c1-59-20-12-11-13-21-60(2)73(104-8)54-68-26-24-65(7)85(103,117-68)80(100)83(101)94-30-17-14-23-70(94)84(102)116-74(55-71(96)61(3)51-64(6)78(99)79(106-10)77(98)63(5)50-59)62(4)52-66-25-27-72(75(53-66)105-9)115-33-19-15-22-67-57-93(92-91-67)32-35-108-37-39-110-41-43-112-45-47-114-49-48-113-46-44-111-42-40-109-38-36-107-34-28-76(97)87-29-16-18-31-95-82-69(56-90-95)81(86)88-58-89-82/h11-13,20-21,51,56-59,61-63,65-66,68,70,72-75,78-79,99,103H,14-19,22-50,52-55H2,1-10H3,(H,87,97)(H2,86,88,89)/b13-11+,20-12+,60-21+,64-51+/t59-,61-,62-,63-,65-,66+,68+,70+,72-,73+,74+,75-,78-,79+,85-/m1/s1. The summed E-state index contributed by atoms with van der Waals surface area (Å²) in [4.78, 5) is 93.8. The van der Waals surface area contributed by atoms with Crippen molar-refractivity contribution in [3.8, 4) is 0 Å². The summed E-state index contributed by atoms with van der Waals surface area (Å²) in [6.07, 6.45) is 21.2. The number of hydrogen-bond acceptors (Lipinski definition) is 28. The molecule has 32 nitrogen and oxygen atoms in total. The number of nitrogens with zero attached hydrogens (tertiary/aromatic N) is 8. The van der Waals surface area contributed by atoms with Crippen LogP contribution < -0.4 is 11.1 Å². The monoisotopic (exact) mass is 1650 g/mol. The Labute approximate surface area is 690 Å². The van der Waals surface area contributed by atoms with Crippen LogP contribution in [0, 0.1) is 35.5 Å². The number of carbonyl (C=O) groups is 6. The van der Waals surface area contributed by atoms with E-state index in [1.54, 1.807) is 56.6 Å². The number of esters is 1. The van der Waals surface area contributed by atoms with Crippen LogP contribution in [0.25, 0.3) is 11.0 Å². The second-order valence-electron chi connectivity index (χ2n) is 31.4. The molecule has 6 heterocycles. The molecule has 117 heavy (non-hydrogen) atoms. The van der Waals surface area contributed by atoms with Gasteiger partial charge in [-0.15, -0.1) is 5.10 Å². The normalized spacial score (nSPS) is 27.7. The number of aromatic nitrogens is 7. The van der Waals surface area contributed by atoms with Crippen LogP contribution in [0.2, 0.25) is 0 Å². The van der Waals surface area contributed by atoms with Crippen molar-refractivity contribution in [2.45, 2.75) is 232 Å². The Balaban J connectivity index is 0.737. The van der Waals surface area contributed by atoms with Gasteiger partial charge in [0.2, 0.25) is 11.7 Å². The minimum Gasteiger partial charge on any atom is -0.460 e. The number of aliphatic hydroxyl groups is 2. The zero-order chi connectivity index (χ0) is 84.3. The fraction of sp³-hybridized carbons (Fsp3) is 0.753. The first-order chi connectivity index (χ1) is 56.5. The molecular formula is C85H136N10O22. The number of ether oxygens (including phenoxy) is 14. The molecule has 0 radical (unpaired) electrons. The van der Waals surface area contributed by atoms with Crippen LogP contribution in [0.15, 0.2) is 66.3 Å². The van der Waals surface area contributed by atoms with Crippen molar-refractivity contribution in [3.63, 3.8) is 0 Å². The van der Waals surface area contributed by atoms with Gasteiger partial charge in [0.15, 0.2) is 11.4 Å². The number of aryl methyl sites for hydroxylation is 2. The van der Waals surface area contributed by atoms with E-state index in [4.69, 9.17) is 72.0 Å². The molecule has 2 amide bonds. The Kier molecular flexibility index (Phi) is 44.8. The van der Waals surface area contributed by atoms with E-state index in [0.29, 0.717) is 200 Å². The number of unbranched alkanes of at least 4 members (excludes halogenated alkanes) is 2. The summed E-state index contributed by atoms with van der Waals surface area (Å²) < 4.78 is 85.1. The first kappa shape index (κ1) is 97.4. The largest absolute Gasteiger partial charge is 0.460 e. The van der Waals surface area contributed by atoms with Crippen molar-refractivity contribution in [2.24, 2.45) is 35.5 Å². The van der Waals surface area contributed by atoms with Crippen LogP contribution in [0.5, 0.6) is 0 Å². The molecule has 32 heteroatoms. The third kappa shape index (κ3) is 33.3. The third-order valence-corrected chi connectivity index (χ3v) is 22.3. The first-order valence-electron chi connectivity index (χ1n) is 42.3. The number of fused-ring (bicyclic) bond motifs is 4. The van der Waals surface area contributed by atoms with Gasteiger partial charge in [0.1, 0.15) is 42.3 Å². The number of hydrogen-bond donors (Lipinski definition) is 4. The third-order valence-electron chi connectivity index (χ3n) is 22.3. The van der Waals surface area contributed by atoms with E-state index >= 15 is 0 Å². The van der Waals surface area contributed by atoms with Gasteiger partial charge < -0.3 is 92.5 Å². The lowest BCUT2D eigenvalue weighted by Gasteiger charge is -2.42. The van der Waals surface area contributed by atoms with Crippen molar-refractivity contribution in [3.05, 3.63) is 72.0 Å². The minimum atomic E-state index is -2.46. The molecule has 15 atom stereocenters. The number of methoxy groups -OCH3 is 3. The second-order valence-corrected chi connectivity index (χ2v) is 31.4. The Morgan fingerprint density at radius 3 is 2.03 bits per heavy atom. The summed E-state index contributed by atoms with van der Waals surface area (Å²) >= 11 is 0. The summed E-state index contributed by atoms with van der Waals surface area (Å²) in [7, 11) is 4.65. The van der Waals surface area contributed by atoms with Gasteiger partial charge in [-0.25, -0.2) is 24.1 Å². The summed E-state index contributed by atoms with van der Waals surface area (Å²) in [6, 6.07) is -1.17. The lowest BCUT2D eigenvalue weighted by atomic mass is 9.78. The van der Waals surface area contributed by atoms with Crippen LogP contribution >= 0.6 is 0 Å². The molecule has 3 aliphatic heterocycles. The van der Waals surface area contributed by atoms with Crippen LogP contribution in [0.3, 0.4) is 0 Å². The van der Waals surface area contributed by atoms with Gasteiger partial charge in [0.05, 0.1) is 154 Å². The number of aliphatic hydroxyl groups excluding tert-OH is 1. The smallest absolute Gasteiger partial charge is 0.329 e. The second kappa shape index (κ2) is 53.8. The van der Waals surface area contributed by atoms with E-state index in [-0.39, 0.29) is 73.2 Å². The Bertz CT molecular complexity index is 3560. The molecular weight excluding hydrogens is 1510 g/mol. The first-order valence-corrected chi connectivity index (χ1v) is 42.3. The van der Waals surface area contributed by atoms with Gasteiger partial charge >= 0.3 is 5.97 Å². The lowest BCUT2D eigenvalue weighted by Crippen LogP contribution is -2.61. The molecule has 3 aromatic rings. The molecule has 0 aromatic carbocycles. The topological polar surface area (TPSA) is 388 Å². The van der Waals surface area contributed by atoms with Gasteiger partial charge in [0.25, 0.3) is 11.7 Å². The van der Waals surface area contributed by atoms with Crippen LogP contribution in [-0.2, 0) is 115 Å². The summed E-state index contributed by atoms with van der Waals surface area (Å²) in [5.41, 5.74) is 8.71. The number of nitrogen functional groups attached to an aromatic ring is 1. The number of allylic oxidation sites excluding steroid dienone is 6. The maximum atomic E-state index is 14.8. The fourth-order valence-electron chi connectivity index (χ4n) is 15.2. The molecule has 658 valence electrons. The minimum absolute atomic E-state index is 0.00286. The Hall–Kier alpha value is -6.73. The highest BCUT2D eigenvalue weighted by atomic mass is 16.6. The summed E-state index contributed by atoms with van der Waals surface area (Å²) in [5, 5.41) is 40.4. The summed E-state index contributed by atoms with van der Waals surface area (Å²) in [5.74, 6) is -7.80. The number of Topliss-reactive ketones (excluding diaryl/α,β-unsaturated/α-hetero) is 3. The highest BCUT2D eigenvalue weighted by Crippen LogP contribution is 2.39. The maximum absolute atomic E-state index is 14.8. The number of carbonyl (C=O) groups excluding carboxylic acids is 6. The van der Waals surface area contributed by atoms with Crippen molar-refractivity contribution >= 4 is 52.0 Å². The van der Waals surface area contributed by atoms with Crippen molar-refractivity contribution < 1.29 is 105 Å². The molecule has 0 unspecified atom stereocenters. The maximum Gasteiger partial charge on any atom is 0.329 e. The fourth-order valence-corrected chi connectivity index (χ4v) is 15.2. The van der Waals surface area contributed by atoms with E-state index in [1.165, 1.54) is 18.3 Å². The van der Waals surface area contributed by atoms with E-state index in [2.05, 4.69) is 30.7 Å². The van der Waals surface area contributed by atoms with Gasteiger partial charge in [-0.1, -0.05) is 76.3 Å². The van der Waals surface area contributed by atoms with Gasteiger partial charge in [-0.05, 0) is 139 Å². The number of cyclic esters (lactones) is 1. The number of ketones is 3. The molecule has 7 rings (SSSR count). The lowest BCUT2D eigenvalue weighted by molar-refractivity contribution is -0.265. The SMILES string of the molecule is CO[C@H]1C[C@@H]2CC[C@@H](C)[C@@](O)(O2)C(=O)C(=O)N2CCCC[C@H]2C(=O)O[C@H]([C@H](C)C[C@@H]2CC[C@@H](OCCCCc3cn(CCOCCOCCOCCOCCOCCOCCOCCOCCC(=O)NCCCCn4ncc5c(N)ncnc54)nn3)[C@H](OC)C2)CC(=O)[C@H](C)/C=C(\C)[C@@H](O)[C@@H](OC)C(=O)[C@H](C)C[C@H](C)/C=C/C=C/C=C/1C. The molecule has 3 aromatic heterocycles. The van der Waals surface area contributed by atoms with Gasteiger partial charge in [0, 0.05) is 90.8 Å². The Morgan fingerprint density at radius 1 is 0.709 bits per heavy atom. The average molecular weight is 1650 g/mol. The Morgan fingerprint density at radius 2 is 1.38 bits per heavy atom. The quantitative estimate of drug-likeness (QED) is 0.0182. The van der Waals surface area contributed by atoms with E-state index < -0.39 is 77.8 Å². The van der Waals surface area contributed by atoms with E-state index in [9.17, 15) is 39.0 Å². The number of nitrogens with one attached hydrogen (secondary N) is 1. The van der Waals surface area contributed by atoms with Gasteiger partial charge in [-0.2, -0.15) is 5.10 Å². The zero-order valence-corrected chi connectivity index (χ0v) is 71.1. The van der Waals surface area contributed by atoms with E-state index in [0.717, 1.165) is 61.6 Å². The molecule has 2 bridgehead atoms. The van der Waals surface area contributed by atoms with Gasteiger partial charge in [-0.3, -0.25) is 24.0 Å². The van der Waals surface area contributed by atoms with Crippen LogP contribution in [0.4, 0.5) is 5.82 Å². The van der Waals surface area contributed by atoms with Crippen molar-refractivity contribution in [1.82, 2.24) is 45.0 Å². The van der Waals surface area contributed by atoms with Crippen LogP contribution in [-0.4, -0.2) is 286 Å². The highest BCUT2D eigenvalue weighted by molar-refractivity contribution is 6.39. The molecule has 0 spiro atoms. The zero-order valence-electron chi connectivity index (χ0n) is 71.1. The highest BCUT2D eigenvalue weighted by Gasteiger charge is 2.53. The summed E-state index contributed by atoms with van der Waals surface area (Å²) in [6.45, 7) is 22.0. The predicted molar refractivity (Wildman–Crippen MR) is 435 cm³/mol. The molecule has 5 N–H and O–H groups in total. The number of piperidine rings is 1. The average Bonchev–Trinajstić information content (AvgIpc) is 1.59. The number of amides is 2. The van der Waals surface area contributed by atoms with Crippen molar-refractivity contribution in [1.29, 1.82) is 0 Å². The van der Waals surface area contributed by atoms with Crippen molar-refractivity contribution in [2.75, 3.05) is 152 Å². The van der Waals surface area contributed by atoms with E-state index in [1.807, 2.05) is 64.3 Å². The molecule has 1 aliphatic carbocycles. The van der Waals surface area contributed by atoms with Crippen LogP contribution in [0.1, 0.15) is 163 Å². The predicted octanol–water partition coefficient (Wildman–Crippen LogP) is 7.66. The molecule has 2 saturated heterocycles. The number of nitrogens with two attached hydrogens (primary N) is 1. The molecule has 1 saturated carbocycles. The number of anilines is 1. The molecule has 3 fully saturated rings. The number of rotatable bonds is 44.